The minimum absolute atomic E-state index is 0.0651. The highest BCUT2D eigenvalue weighted by molar-refractivity contribution is 7.99. The monoisotopic (exact) mass is 257 g/mol. The molecular weight excluding hydrogens is 230 g/mol. The summed E-state index contributed by atoms with van der Waals surface area (Å²) in [5.41, 5.74) is 0. The first-order valence-electron chi connectivity index (χ1n) is 7.15. The minimum Gasteiger partial charge on any atom is -0.393 e. The number of thioether (sulfide) groups is 1. The summed E-state index contributed by atoms with van der Waals surface area (Å²) >= 11 is 2.08. The smallest absolute Gasteiger partial charge is 0.0585 e. The van der Waals surface area contributed by atoms with Crippen LogP contribution >= 0.6 is 11.8 Å². The maximum absolute atomic E-state index is 10.3. The van der Waals surface area contributed by atoms with E-state index in [0.29, 0.717) is 17.8 Å². The van der Waals surface area contributed by atoms with E-state index >= 15 is 0 Å². The maximum Gasteiger partial charge on any atom is 0.0585 e. The first kappa shape index (κ1) is 13.7. The molecule has 2 nitrogen and oxygen atoms in total. The molecule has 100 valence electrons. The van der Waals surface area contributed by atoms with Crippen LogP contribution < -0.4 is 0 Å². The molecule has 0 radical (unpaired) electrons. The molecule has 17 heavy (non-hydrogen) atoms. The third-order valence-corrected chi connectivity index (χ3v) is 5.48. The van der Waals surface area contributed by atoms with Crippen molar-refractivity contribution in [2.24, 2.45) is 17.8 Å². The molecule has 4 atom stereocenters. The van der Waals surface area contributed by atoms with Gasteiger partial charge in [-0.25, -0.2) is 0 Å². The zero-order valence-electron chi connectivity index (χ0n) is 11.3. The highest BCUT2D eigenvalue weighted by atomic mass is 32.2. The van der Waals surface area contributed by atoms with Crippen LogP contribution in [0.5, 0.6) is 0 Å². The highest BCUT2D eigenvalue weighted by Gasteiger charge is 2.33. The van der Waals surface area contributed by atoms with Gasteiger partial charge in [0.1, 0.15) is 0 Å². The molecule has 0 aromatic carbocycles. The van der Waals surface area contributed by atoms with Crippen molar-refractivity contribution in [2.75, 3.05) is 31.1 Å². The van der Waals surface area contributed by atoms with Crippen LogP contribution in [0.25, 0.3) is 0 Å². The third-order valence-electron chi connectivity index (χ3n) is 4.43. The van der Waals surface area contributed by atoms with Crippen LogP contribution in [0.2, 0.25) is 0 Å². The predicted molar refractivity (Wildman–Crippen MR) is 75.4 cm³/mol. The molecule has 4 unspecified atom stereocenters. The highest BCUT2D eigenvalue weighted by Crippen LogP contribution is 2.34. The van der Waals surface area contributed by atoms with Crippen LogP contribution in [-0.4, -0.2) is 47.3 Å². The average molecular weight is 257 g/mol. The van der Waals surface area contributed by atoms with E-state index in [4.69, 9.17) is 0 Å². The van der Waals surface area contributed by atoms with Gasteiger partial charge in [0.15, 0.2) is 0 Å². The SMILES string of the molecule is CC1CC(C)C(CN2CCCSCC2)C(O)C1. The van der Waals surface area contributed by atoms with Gasteiger partial charge in [-0.1, -0.05) is 13.8 Å². The van der Waals surface area contributed by atoms with Gasteiger partial charge in [0.05, 0.1) is 6.10 Å². The van der Waals surface area contributed by atoms with Crippen molar-refractivity contribution < 1.29 is 5.11 Å². The van der Waals surface area contributed by atoms with Crippen molar-refractivity contribution in [3.63, 3.8) is 0 Å². The topological polar surface area (TPSA) is 23.5 Å². The fourth-order valence-corrected chi connectivity index (χ4v) is 4.38. The zero-order valence-corrected chi connectivity index (χ0v) is 12.1. The lowest BCUT2D eigenvalue weighted by atomic mass is 9.73. The first-order valence-corrected chi connectivity index (χ1v) is 8.30. The van der Waals surface area contributed by atoms with Gasteiger partial charge in [0.25, 0.3) is 0 Å². The molecule has 2 fully saturated rings. The van der Waals surface area contributed by atoms with Crippen LogP contribution in [0.3, 0.4) is 0 Å². The Kier molecular flexibility index (Phi) is 5.19. The summed E-state index contributed by atoms with van der Waals surface area (Å²) in [5, 5.41) is 10.3. The van der Waals surface area contributed by atoms with E-state index in [1.54, 1.807) is 0 Å². The van der Waals surface area contributed by atoms with E-state index in [9.17, 15) is 5.11 Å². The Morgan fingerprint density at radius 2 is 2.00 bits per heavy atom. The molecule has 1 aliphatic carbocycles. The molecular formula is C14H27NOS. The van der Waals surface area contributed by atoms with Crippen molar-refractivity contribution in [1.82, 2.24) is 4.90 Å². The molecule has 0 spiro atoms. The zero-order chi connectivity index (χ0) is 12.3. The van der Waals surface area contributed by atoms with Crippen molar-refractivity contribution in [3.8, 4) is 0 Å². The molecule has 0 aromatic heterocycles. The summed E-state index contributed by atoms with van der Waals surface area (Å²) in [5.74, 6) is 4.49. The fourth-order valence-electron chi connectivity index (χ4n) is 3.45. The molecule has 0 aromatic rings. The lowest BCUT2D eigenvalue weighted by molar-refractivity contribution is -0.000896. The number of nitrogens with zero attached hydrogens (tertiary/aromatic N) is 1. The maximum atomic E-state index is 10.3. The van der Waals surface area contributed by atoms with Crippen LogP contribution in [0, 0.1) is 17.8 Å². The minimum atomic E-state index is -0.0651. The van der Waals surface area contributed by atoms with Crippen LogP contribution in [0.15, 0.2) is 0 Å². The summed E-state index contributed by atoms with van der Waals surface area (Å²) in [6.07, 6.45) is 3.56. The van der Waals surface area contributed by atoms with E-state index in [1.807, 2.05) is 0 Å². The van der Waals surface area contributed by atoms with Gasteiger partial charge in [-0.3, -0.25) is 0 Å². The Morgan fingerprint density at radius 3 is 2.76 bits per heavy atom. The van der Waals surface area contributed by atoms with Crippen LogP contribution in [0.1, 0.15) is 33.1 Å². The Morgan fingerprint density at radius 1 is 1.18 bits per heavy atom. The van der Waals surface area contributed by atoms with Gasteiger partial charge < -0.3 is 10.0 Å². The van der Waals surface area contributed by atoms with Gasteiger partial charge >= 0.3 is 0 Å². The molecule has 2 rings (SSSR count). The number of aliphatic hydroxyl groups is 1. The van der Waals surface area contributed by atoms with Gasteiger partial charge in [-0.2, -0.15) is 11.8 Å². The predicted octanol–water partition coefficient (Wildman–Crippen LogP) is 2.47. The average Bonchev–Trinajstić information content (AvgIpc) is 2.51. The van der Waals surface area contributed by atoms with E-state index in [2.05, 4.69) is 30.5 Å². The van der Waals surface area contributed by atoms with Crippen molar-refractivity contribution in [2.45, 2.75) is 39.2 Å². The van der Waals surface area contributed by atoms with Crippen molar-refractivity contribution in [1.29, 1.82) is 0 Å². The molecule has 0 amide bonds. The second-order valence-electron chi connectivity index (χ2n) is 6.05. The molecule has 1 saturated carbocycles. The van der Waals surface area contributed by atoms with Gasteiger partial charge in [-0.05, 0) is 43.4 Å². The number of rotatable bonds is 2. The number of hydrogen-bond donors (Lipinski definition) is 1. The summed E-state index contributed by atoms with van der Waals surface area (Å²) in [6.45, 7) is 8.18. The number of aliphatic hydroxyl groups excluding tert-OH is 1. The third kappa shape index (κ3) is 3.87. The molecule has 1 aliphatic heterocycles. The Bertz CT molecular complexity index is 216. The Hall–Kier alpha value is 0.270. The quantitative estimate of drug-likeness (QED) is 0.822. The van der Waals surface area contributed by atoms with E-state index in [0.717, 1.165) is 13.0 Å². The number of hydrogen-bond acceptors (Lipinski definition) is 3. The van der Waals surface area contributed by atoms with Gasteiger partial charge in [-0.15, -0.1) is 0 Å². The second-order valence-corrected chi connectivity index (χ2v) is 7.28. The summed E-state index contributed by atoms with van der Waals surface area (Å²) in [4.78, 5) is 2.58. The van der Waals surface area contributed by atoms with Gasteiger partial charge in [0, 0.05) is 24.8 Å². The Balaban J connectivity index is 1.87. The lowest BCUT2D eigenvalue weighted by Gasteiger charge is -2.39. The Labute approximate surface area is 110 Å². The van der Waals surface area contributed by atoms with Crippen molar-refractivity contribution >= 4 is 11.8 Å². The van der Waals surface area contributed by atoms with Gasteiger partial charge in [0.2, 0.25) is 0 Å². The summed E-state index contributed by atoms with van der Waals surface area (Å²) < 4.78 is 0. The van der Waals surface area contributed by atoms with Crippen LogP contribution in [0.4, 0.5) is 0 Å². The molecule has 2 aliphatic rings. The van der Waals surface area contributed by atoms with E-state index < -0.39 is 0 Å². The first-order chi connectivity index (χ1) is 8.16. The molecule has 1 N–H and O–H groups in total. The molecule has 0 bridgehead atoms. The molecule has 1 heterocycles. The van der Waals surface area contributed by atoms with E-state index in [-0.39, 0.29) is 6.10 Å². The van der Waals surface area contributed by atoms with Crippen LogP contribution in [-0.2, 0) is 0 Å². The second kappa shape index (κ2) is 6.44. The standard InChI is InChI=1S/C14H27NOS/c1-11-8-12(2)13(14(16)9-11)10-15-4-3-6-17-7-5-15/h11-14,16H,3-10H2,1-2H3. The lowest BCUT2D eigenvalue weighted by Crippen LogP contribution is -2.43. The largest absolute Gasteiger partial charge is 0.393 e. The normalized spacial score (nSPS) is 41.1. The fraction of sp³-hybridized carbons (Fsp3) is 1.00. The summed E-state index contributed by atoms with van der Waals surface area (Å²) in [7, 11) is 0. The molecule has 1 saturated heterocycles. The molecule has 3 heteroatoms. The van der Waals surface area contributed by atoms with Crippen molar-refractivity contribution in [3.05, 3.63) is 0 Å². The van der Waals surface area contributed by atoms with E-state index in [1.165, 1.54) is 37.4 Å². The summed E-state index contributed by atoms with van der Waals surface area (Å²) in [6, 6.07) is 0.